The lowest BCUT2D eigenvalue weighted by Gasteiger charge is -2.15. The molecule has 0 saturated carbocycles. The van der Waals surface area contributed by atoms with Crippen molar-refractivity contribution in [2.75, 3.05) is 6.61 Å². The molecule has 9 heteroatoms. The predicted molar refractivity (Wildman–Crippen MR) is 106 cm³/mol. The van der Waals surface area contributed by atoms with Gasteiger partial charge in [0.1, 0.15) is 11.6 Å². The number of Topliss-reactive ketones (excluding diaryl/α,β-unsaturated/α-hetero) is 1. The van der Waals surface area contributed by atoms with Crippen LogP contribution in [0.2, 0.25) is 10.0 Å². The molecule has 0 saturated heterocycles. The number of halogens is 5. The van der Waals surface area contributed by atoms with Crippen LogP contribution < -0.4 is 4.74 Å². The van der Waals surface area contributed by atoms with Crippen LogP contribution in [0.25, 0.3) is 11.3 Å². The topological polar surface area (TPSA) is 63.0 Å². The standard InChI is InChI=1S/C21H11Cl2F3N2O2/c22-14-5-1-12(2-6-14)18-9-17(21(24,25)26)16(10-27)20(28-18)30-11-19(29)13-3-7-15(23)8-4-13/h1-9H,11H2. The lowest BCUT2D eigenvalue weighted by Crippen LogP contribution is -2.16. The van der Waals surface area contributed by atoms with Gasteiger partial charge in [-0.15, -0.1) is 0 Å². The Balaban J connectivity index is 2.00. The Labute approximate surface area is 179 Å². The van der Waals surface area contributed by atoms with E-state index in [9.17, 15) is 23.2 Å². The number of carbonyl (C=O) groups excluding carboxylic acids is 1. The summed E-state index contributed by atoms with van der Waals surface area (Å²) in [6.45, 7) is -0.606. The minimum Gasteiger partial charge on any atom is -0.468 e. The molecule has 1 aromatic heterocycles. The van der Waals surface area contributed by atoms with Crippen molar-refractivity contribution in [2.24, 2.45) is 0 Å². The Hall–Kier alpha value is -3.08. The number of hydrogen-bond acceptors (Lipinski definition) is 4. The molecule has 0 fully saturated rings. The first kappa shape index (κ1) is 21.6. The average Bonchev–Trinajstić information content (AvgIpc) is 2.71. The van der Waals surface area contributed by atoms with Crippen LogP contribution in [0.15, 0.2) is 54.6 Å². The summed E-state index contributed by atoms with van der Waals surface area (Å²) in [7, 11) is 0. The van der Waals surface area contributed by atoms with Gasteiger partial charge in [0.25, 0.3) is 0 Å². The minimum atomic E-state index is -4.83. The molecular formula is C21H11Cl2F3N2O2. The van der Waals surface area contributed by atoms with Gasteiger partial charge in [-0.05, 0) is 42.5 Å². The Morgan fingerprint density at radius 1 is 1.03 bits per heavy atom. The summed E-state index contributed by atoms with van der Waals surface area (Å²) in [5.41, 5.74) is -1.50. The van der Waals surface area contributed by atoms with Gasteiger partial charge >= 0.3 is 6.18 Å². The second-order valence-corrected chi connectivity index (χ2v) is 6.94. The third-order valence-electron chi connectivity index (χ3n) is 4.05. The number of carbonyl (C=O) groups is 1. The van der Waals surface area contributed by atoms with Crippen LogP contribution in [0.5, 0.6) is 5.88 Å². The van der Waals surface area contributed by atoms with Gasteiger partial charge in [-0.2, -0.15) is 18.4 Å². The summed E-state index contributed by atoms with van der Waals surface area (Å²) >= 11 is 11.6. The van der Waals surface area contributed by atoms with Crippen LogP contribution in [0, 0.1) is 11.3 Å². The number of pyridine rings is 1. The van der Waals surface area contributed by atoms with Crippen molar-refractivity contribution in [3.8, 4) is 23.2 Å². The van der Waals surface area contributed by atoms with E-state index in [1.807, 2.05) is 0 Å². The molecule has 0 radical (unpaired) electrons. The molecular weight excluding hydrogens is 440 g/mol. The van der Waals surface area contributed by atoms with E-state index in [1.165, 1.54) is 54.6 Å². The highest BCUT2D eigenvalue weighted by Crippen LogP contribution is 2.37. The number of ketones is 1. The van der Waals surface area contributed by atoms with E-state index < -0.39 is 35.6 Å². The number of rotatable bonds is 5. The Bertz CT molecular complexity index is 1120. The molecule has 30 heavy (non-hydrogen) atoms. The molecule has 1 heterocycles. The average molecular weight is 451 g/mol. The zero-order valence-electron chi connectivity index (χ0n) is 15.0. The largest absolute Gasteiger partial charge is 0.468 e. The van der Waals surface area contributed by atoms with E-state index in [0.29, 0.717) is 15.6 Å². The number of alkyl halides is 3. The summed E-state index contributed by atoms with van der Waals surface area (Å²) in [6, 6.07) is 14.1. The Morgan fingerprint density at radius 2 is 1.60 bits per heavy atom. The molecule has 0 aliphatic heterocycles. The van der Waals surface area contributed by atoms with Crippen molar-refractivity contribution >= 4 is 29.0 Å². The van der Waals surface area contributed by atoms with Gasteiger partial charge in [0.2, 0.25) is 5.88 Å². The van der Waals surface area contributed by atoms with Gasteiger partial charge in [0.15, 0.2) is 12.4 Å². The highest BCUT2D eigenvalue weighted by Gasteiger charge is 2.36. The summed E-state index contributed by atoms with van der Waals surface area (Å²) in [4.78, 5) is 16.3. The Morgan fingerprint density at radius 3 is 2.13 bits per heavy atom. The molecule has 0 spiro atoms. The molecule has 152 valence electrons. The maximum Gasteiger partial charge on any atom is 0.417 e. The fourth-order valence-electron chi connectivity index (χ4n) is 2.58. The first-order chi connectivity index (χ1) is 14.2. The zero-order valence-corrected chi connectivity index (χ0v) is 16.5. The van der Waals surface area contributed by atoms with Crippen molar-refractivity contribution in [3.63, 3.8) is 0 Å². The van der Waals surface area contributed by atoms with E-state index in [-0.39, 0.29) is 11.3 Å². The number of benzene rings is 2. The van der Waals surface area contributed by atoms with Crippen molar-refractivity contribution < 1.29 is 22.7 Å². The van der Waals surface area contributed by atoms with Crippen LogP contribution in [0.4, 0.5) is 13.2 Å². The second-order valence-electron chi connectivity index (χ2n) is 6.07. The monoisotopic (exact) mass is 450 g/mol. The first-order valence-electron chi connectivity index (χ1n) is 8.39. The van der Waals surface area contributed by atoms with E-state index in [0.717, 1.165) is 6.07 Å². The van der Waals surface area contributed by atoms with Crippen LogP contribution in [0.3, 0.4) is 0 Å². The van der Waals surface area contributed by atoms with E-state index in [4.69, 9.17) is 27.9 Å². The summed E-state index contributed by atoms with van der Waals surface area (Å²) < 4.78 is 45.9. The number of nitrogens with zero attached hydrogens (tertiary/aromatic N) is 2. The van der Waals surface area contributed by atoms with E-state index >= 15 is 0 Å². The predicted octanol–water partition coefficient (Wildman–Crippen LogP) is 6.21. The normalized spacial score (nSPS) is 11.1. The molecule has 0 amide bonds. The fraction of sp³-hybridized carbons (Fsp3) is 0.0952. The molecule has 0 atom stereocenters. The van der Waals surface area contributed by atoms with Crippen LogP contribution >= 0.6 is 23.2 Å². The van der Waals surface area contributed by atoms with Gasteiger partial charge in [0, 0.05) is 21.2 Å². The van der Waals surface area contributed by atoms with Gasteiger partial charge < -0.3 is 4.74 Å². The van der Waals surface area contributed by atoms with Crippen LogP contribution in [-0.4, -0.2) is 17.4 Å². The quantitative estimate of drug-likeness (QED) is 0.433. The van der Waals surface area contributed by atoms with Gasteiger partial charge in [-0.3, -0.25) is 4.79 Å². The minimum absolute atomic E-state index is 0.0769. The third kappa shape index (κ3) is 4.90. The Kier molecular flexibility index (Phi) is 6.30. The maximum atomic E-state index is 13.5. The second kappa shape index (κ2) is 8.74. The molecule has 3 rings (SSSR count). The number of ether oxygens (including phenoxy) is 1. The molecule has 0 unspecified atom stereocenters. The lowest BCUT2D eigenvalue weighted by atomic mass is 10.0. The summed E-state index contributed by atoms with van der Waals surface area (Å²) in [5, 5.41) is 10.1. The lowest BCUT2D eigenvalue weighted by molar-refractivity contribution is -0.137. The summed E-state index contributed by atoms with van der Waals surface area (Å²) in [5.74, 6) is -1.10. The SMILES string of the molecule is N#Cc1c(C(F)(F)F)cc(-c2ccc(Cl)cc2)nc1OCC(=O)c1ccc(Cl)cc1. The van der Waals surface area contributed by atoms with Crippen LogP contribution in [0.1, 0.15) is 21.5 Å². The zero-order chi connectivity index (χ0) is 21.9. The van der Waals surface area contributed by atoms with Crippen molar-refractivity contribution in [3.05, 3.63) is 81.3 Å². The fourth-order valence-corrected chi connectivity index (χ4v) is 2.83. The number of nitriles is 1. The van der Waals surface area contributed by atoms with Crippen molar-refractivity contribution in [2.45, 2.75) is 6.18 Å². The van der Waals surface area contributed by atoms with Crippen molar-refractivity contribution in [1.82, 2.24) is 4.98 Å². The van der Waals surface area contributed by atoms with Gasteiger partial charge in [-0.1, -0.05) is 35.3 Å². The van der Waals surface area contributed by atoms with E-state index in [2.05, 4.69) is 4.98 Å². The number of aromatic nitrogens is 1. The highest BCUT2D eigenvalue weighted by atomic mass is 35.5. The first-order valence-corrected chi connectivity index (χ1v) is 9.14. The maximum absolute atomic E-state index is 13.5. The van der Waals surface area contributed by atoms with Gasteiger partial charge in [0.05, 0.1) is 11.3 Å². The molecule has 0 N–H and O–H groups in total. The molecule has 0 aliphatic rings. The third-order valence-corrected chi connectivity index (χ3v) is 4.55. The van der Waals surface area contributed by atoms with E-state index in [1.54, 1.807) is 0 Å². The molecule has 3 aromatic rings. The molecule has 0 bridgehead atoms. The van der Waals surface area contributed by atoms with Gasteiger partial charge in [-0.25, -0.2) is 4.98 Å². The molecule has 4 nitrogen and oxygen atoms in total. The van der Waals surface area contributed by atoms with Crippen LogP contribution in [-0.2, 0) is 6.18 Å². The summed E-state index contributed by atoms with van der Waals surface area (Å²) in [6.07, 6.45) is -4.83. The molecule has 2 aromatic carbocycles. The smallest absolute Gasteiger partial charge is 0.417 e. The highest BCUT2D eigenvalue weighted by molar-refractivity contribution is 6.31. The molecule has 0 aliphatic carbocycles. The van der Waals surface area contributed by atoms with Crippen molar-refractivity contribution in [1.29, 1.82) is 5.26 Å². The number of hydrogen-bond donors (Lipinski definition) is 0.